The fourth-order valence-electron chi connectivity index (χ4n) is 3.23. The second-order valence-corrected chi connectivity index (χ2v) is 7.86. The van der Waals surface area contributed by atoms with Gasteiger partial charge in [0, 0.05) is 18.5 Å². The predicted molar refractivity (Wildman–Crippen MR) is 93.6 cm³/mol. The van der Waals surface area contributed by atoms with E-state index in [2.05, 4.69) is 16.2 Å². The summed E-state index contributed by atoms with van der Waals surface area (Å²) in [6.45, 7) is 5.98. The van der Waals surface area contributed by atoms with Gasteiger partial charge in [0.2, 0.25) is 17.7 Å². The minimum atomic E-state index is -0.316. The van der Waals surface area contributed by atoms with Crippen LogP contribution in [0.4, 0.5) is 0 Å². The van der Waals surface area contributed by atoms with Crippen LogP contribution < -0.4 is 16.2 Å². The third-order valence-corrected chi connectivity index (χ3v) is 4.50. The molecule has 1 heterocycles. The van der Waals surface area contributed by atoms with E-state index in [9.17, 15) is 14.4 Å². The van der Waals surface area contributed by atoms with Gasteiger partial charge in [0.1, 0.15) is 0 Å². The first kappa shape index (κ1) is 18.6. The Kier molecular flexibility index (Phi) is 5.79. The molecule has 0 spiro atoms. The summed E-state index contributed by atoms with van der Waals surface area (Å²) in [6, 6.07) is 0. The lowest BCUT2D eigenvalue weighted by Gasteiger charge is -2.23. The van der Waals surface area contributed by atoms with Crippen LogP contribution in [0.5, 0.6) is 0 Å². The number of thiocarbonyl (C=S) groups is 1. The van der Waals surface area contributed by atoms with E-state index in [0.717, 1.165) is 25.7 Å². The standard InChI is InChI=1S/C16H26N4O3S/c1-16(2,3)17-15(24)19-18-12(21)8-9-20-13(22)10-6-4-5-7-11(10)14(20)23/h10-11H,4-9H2,1-3H3,(H,18,21)(H2,17,19,24)/t10-,11+. The number of amides is 3. The first-order chi connectivity index (χ1) is 11.2. The molecule has 3 amide bonds. The monoisotopic (exact) mass is 354 g/mol. The van der Waals surface area contributed by atoms with Crippen LogP contribution >= 0.6 is 12.2 Å². The van der Waals surface area contributed by atoms with E-state index in [1.165, 1.54) is 4.90 Å². The van der Waals surface area contributed by atoms with Gasteiger partial charge in [-0.25, -0.2) is 0 Å². The number of imide groups is 1. The highest BCUT2D eigenvalue weighted by Gasteiger charge is 2.47. The van der Waals surface area contributed by atoms with Crippen molar-refractivity contribution in [1.82, 2.24) is 21.1 Å². The first-order valence-corrected chi connectivity index (χ1v) is 8.82. The maximum atomic E-state index is 12.3. The fraction of sp³-hybridized carbons (Fsp3) is 0.750. The third-order valence-electron chi connectivity index (χ3n) is 4.30. The maximum absolute atomic E-state index is 12.3. The normalized spacial score (nSPS) is 23.7. The van der Waals surface area contributed by atoms with Gasteiger partial charge in [-0.1, -0.05) is 12.8 Å². The highest BCUT2D eigenvalue weighted by molar-refractivity contribution is 7.80. The zero-order valence-corrected chi connectivity index (χ0v) is 15.3. The quantitative estimate of drug-likeness (QED) is 0.395. The van der Waals surface area contributed by atoms with E-state index in [4.69, 9.17) is 12.2 Å². The molecule has 0 unspecified atom stereocenters. The topological polar surface area (TPSA) is 90.5 Å². The van der Waals surface area contributed by atoms with Crippen LogP contribution in [-0.4, -0.2) is 39.8 Å². The largest absolute Gasteiger partial charge is 0.357 e. The van der Waals surface area contributed by atoms with Crippen LogP contribution in [0.25, 0.3) is 0 Å². The molecule has 1 aliphatic carbocycles. The number of nitrogens with zero attached hydrogens (tertiary/aromatic N) is 1. The summed E-state index contributed by atoms with van der Waals surface area (Å²) in [4.78, 5) is 37.8. The molecule has 8 heteroatoms. The van der Waals surface area contributed by atoms with Crippen LogP contribution in [-0.2, 0) is 14.4 Å². The molecular weight excluding hydrogens is 328 g/mol. The number of nitrogens with one attached hydrogen (secondary N) is 3. The minimum Gasteiger partial charge on any atom is -0.357 e. The Hall–Kier alpha value is -1.70. The predicted octanol–water partition coefficient (Wildman–Crippen LogP) is 0.845. The molecule has 1 saturated carbocycles. The van der Waals surface area contributed by atoms with Crippen LogP contribution in [0.1, 0.15) is 52.9 Å². The molecule has 134 valence electrons. The average molecular weight is 354 g/mol. The Balaban J connectivity index is 1.76. The molecule has 0 radical (unpaired) electrons. The van der Waals surface area contributed by atoms with E-state index in [0.29, 0.717) is 5.11 Å². The summed E-state index contributed by atoms with van der Waals surface area (Å²) in [5.74, 6) is -0.888. The smallest absolute Gasteiger partial charge is 0.240 e. The van der Waals surface area contributed by atoms with Crippen molar-refractivity contribution in [2.75, 3.05) is 6.54 Å². The summed E-state index contributed by atoms with van der Waals surface area (Å²) in [6.07, 6.45) is 3.62. The Bertz CT molecular complexity index is 520. The molecule has 2 rings (SSSR count). The first-order valence-electron chi connectivity index (χ1n) is 8.41. The van der Waals surface area contributed by atoms with Gasteiger partial charge in [-0.2, -0.15) is 0 Å². The second kappa shape index (κ2) is 7.46. The van der Waals surface area contributed by atoms with E-state index >= 15 is 0 Å². The highest BCUT2D eigenvalue weighted by Crippen LogP contribution is 2.37. The molecule has 0 aromatic carbocycles. The van der Waals surface area contributed by atoms with Crippen molar-refractivity contribution in [3.05, 3.63) is 0 Å². The van der Waals surface area contributed by atoms with Gasteiger partial charge in [0.05, 0.1) is 11.8 Å². The summed E-state index contributed by atoms with van der Waals surface area (Å²) in [5.41, 5.74) is 4.89. The van der Waals surface area contributed by atoms with Crippen molar-refractivity contribution in [2.45, 2.75) is 58.4 Å². The van der Waals surface area contributed by atoms with Crippen molar-refractivity contribution < 1.29 is 14.4 Å². The third kappa shape index (κ3) is 4.66. The molecule has 3 N–H and O–H groups in total. The van der Waals surface area contributed by atoms with E-state index in [-0.39, 0.29) is 48.1 Å². The molecule has 1 aliphatic heterocycles. The molecule has 2 fully saturated rings. The highest BCUT2D eigenvalue weighted by atomic mass is 32.1. The molecule has 7 nitrogen and oxygen atoms in total. The van der Waals surface area contributed by atoms with E-state index in [1.807, 2.05) is 20.8 Å². The Morgan fingerprint density at radius 2 is 1.67 bits per heavy atom. The Labute approximate surface area is 147 Å². The molecule has 0 aromatic heterocycles. The Morgan fingerprint density at radius 3 is 2.17 bits per heavy atom. The van der Waals surface area contributed by atoms with Gasteiger partial charge < -0.3 is 5.32 Å². The van der Waals surface area contributed by atoms with Gasteiger partial charge in [0.25, 0.3) is 0 Å². The lowest BCUT2D eigenvalue weighted by Crippen LogP contribution is -2.52. The lowest BCUT2D eigenvalue weighted by atomic mass is 9.81. The zero-order valence-electron chi connectivity index (χ0n) is 14.5. The average Bonchev–Trinajstić information content (AvgIpc) is 2.74. The number of hydrogen-bond donors (Lipinski definition) is 3. The molecule has 0 bridgehead atoms. The second-order valence-electron chi connectivity index (χ2n) is 7.45. The van der Waals surface area contributed by atoms with Crippen LogP contribution in [0, 0.1) is 11.8 Å². The molecule has 2 aliphatic rings. The van der Waals surface area contributed by atoms with Crippen molar-refractivity contribution in [3.63, 3.8) is 0 Å². The molecule has 0 aromatic rings. The lowest BCUT2D eigenvalue weighted by molar-refractivity contribution is -0.140. The number of hydrogen-bond acceptors (Lipinski definition) is 4. The minimum absolute atomic E-state index is 0.0576. The number of hydrazine groups is 1. The summed E-state index contributed by atoms with van der Waals surface area (Å²) in [7, 11) is 0. The van der Waals surface area contributed by atoms with E-state index in [1.54, 1.807) is 0 Å². The van der Waals surface area contributed by atoms with Crippen LogP contribution in [0.15, 0.2) is 0 Å². The Morgan fingerprint density at radius 1 is 1.12 bits per heavy atom. The van der Waals surface area contributed by atoms with Crippen LogP contribution in [0.3, 0.4) is 0 Å². The number of carbonyl (C=O) groups is 3. The van der Waals surface area contributed by atoms with Gasteiger partial charge in [-0.05, 0) is 45.8 Å². The van der Waals surface area contributed by atoms with E-state index < -0.39 is 0 Å². The summed E-state index contributed by atoms with van der Waals surface area (Å²) in [5, 5.41) is 3.32. The number of rotatable bonds is 3. The van der Waals surface area contributed by atoms with Crippen LogP contribution in [0.2, 0.25) is 0 Å². The summed E-state index contributed by atoms with van der Waals surface area (Å²) < 4.78 is 0. The molecule has 1 saturated heterocycles. The maximum Gasteiger partial charge on any atom is 0.240 e. The van der Waals surface area contributed by atoms with Gasteiger partial charge >= 0.3 is 0 Å². The van der Waals surface area contributed by atoms with Crippen molar-refractivity contribution in [2.24, 2.45) is 11.8 Å². The van der Waals surface area contributed by atoms with Crippen molar-refractivity contribution in [1.29, 1.82) is 0 Å². The SMILES string of the molecule is CC(C)(C)NC(=S)NNC(=O)CCN1C(=O)[C@H]2CCCC[C@H]2C1=O. The molecule has 2 atom stereocenters. The number of likely N-dealkylation sites (tertiary alicyclic amines) is 1. The van der Waals surface area contributed by atoms with Gasteiger partial charge in [0.15, 0.2) is 5.11 Å². The molecular formula is C16H26N4O3S. The fourth-order valence-corrected chi connectivity index (χ4v) is 3.58. The summed E-state index contributed by atoms with van der Waals surface area (Å²) >= 11 is 5.06. The van der Waals surface area contributed by atoms with Gasteiger partial charge in [-0.15, -0.1) is 0 Å². The van der Waals surface area contributed by atoms with Crippen molar-refractivity contribution >= 4 is 35.1 Å². The zero-order chi connectivity index (χ0) is 17.9. The molecule has 24 heavy (non-hydrogen) atoms. The van der Waals surface area contributed by atoms with Crippen molar-refractivity contribution in [3.8, 4) is 0 Å². The number of carbonyl (C=O) groups excluding carboxylic acids is 3. The van der Waals surface area contributed by atoms with Gasteiger partial charge in [-0.3, -0.25) is 30.1 Å². The number of fused-ring (bicyclic) bond motifs is 1.